The average molecular weight is 469 g/mol. The Morgan fingerprint density at radius 3 is 2.54 bits per heavy atom. The number of amides is 1. The highest BCUT2D eigenvalue weighted by Crippen LogP contribution is 2.30. The summed E-state index contributed by atoms with van der Waals surface area (Å²) >= 11 is 0. The Bertz CT molecular complexity index is 1340. The second kappa shape index (κ2) is 9.38. The van der Waals surface area contributed by atoms with Crippen LogP contribution in [0.3, 0.4) is 0 Å². The number of piperazine rings is 1. The highest BCUT2D eigenvalue weighted by molar-refractivity contribution is 5.87. The fourth-order valence-corrected chi connectivity index (χ4v) is 4.26. The van der Waals surface area contributed by atoms with Gasteiger partial charge in [-0.2, -0.15) is 0 Å². The fourth-order valence-electron chi connectivity index (χ4n) is 4.26. The molecule has 8 nitrogen and oxygen atoms in total. The van der Waals surface area contributed by atoms with Crippen LogP contribution in [-0.2, 0) is 10.2 Å². The zero-order chi connectivity index (χ0) is 24.4. The van der Waals surface area contributed by atoms with Gasteiger partial charge in [0.1, 0.15) is 11.4 Å². The van der Waals surface area contributed by atoms with E-state index in [2.05, 4.69) is 20.4 Å². The van der Waals surface area contributed by atoms with E-state index in [1.54, 1.807) is 12.4 Å². The second-order valence-corrected chi connectivity index (χ2v) is 9.23. The smallest absolute Gasteiger partial charge is 0.234 e. The van der Waals surface area contributed by atoms with Gasteiger partial charge < -0.3 is 14.7 Å². The number of aryl methyl sites for hydroxylation is 1. The van der Waals surface area contributed by atoms with Gasteiger partial charge in [0.05, 0.1) is 28.7 Å². The van der Waals surface area contributed by atoms with Gasteiger partial charge >= 0.3 is 0 Å². The van der Waals surface area contributed by atoms with E-state index in [4.69, 9.17) is 9.51 Å². The number of pyridine rings is 1. The van der Waals surface area contributed by atoms with Crippen molar-refractivity contribution in [1.29, 1.82) is 0 Å². The first-order valence-corrected chi connectivity index (χ1v) is 11.8. The third kappa shape index (κ3) is 4.57. The summed E-state index contributed by atoms with van der Waals surface area (Å²) in [6.07, 6.45) is 3.46. The number of nitrogens with one attached hydrogen (secondary N) is 1. The number of hydrogen-bond acceptors (Lipinski definition) is 7. The minimum absolute atomic E-state index is 0.0782. The summed E-state index contributed by atoms with van der Waals surface area (Å²) in [5, 5.41) is 7.51. The Kier molecular flexibility index (Phi) is 6.13. The van der Waals surface area contributed by atoms with Crippen LogP contribution in [0.5, 0.6) is 0 Å². The van der Waals surface area contributed by atoms with Crippen LogP contribution in [0, 0.1) is 6.92 Å². The minimum atomic E-state index is -0.760. The number of nitrogens with zero attached hydrogens (tertiary/aromatic N) is 5. The van der Waals surface area contributed by atoms with Gasteiger partial charge in [0.2, 0.25) is 5.91 Å². The molecule has 1 fully saturated rings. The largest absolute Gasteiger partial charge is 0.354 e. The van der Waals surface area contributed by atoms with E-state index in [1.165, 1.54) is 0 Å². The fraction of sp³-hybridized carbons (Fsp3) is 0.296. The maximum atomic E-state index is 13.3. The molecule has 1 saturated heterocycles. The highest BCUT2D eigenvalue weighted by Gasteiger charge is 2.35. The van der Waals surface area contributed by atoms with Crippen LogP contribution in [0.4, 0.5) is 0 Å². The molecule has 0 spiro atoms. The van der Waals surface area contributed by atoms with Gasteiger partial charge in [-0.15, -0.1) is 0 Å². The molecule has 35 heavy (non-hydrogen) atoms. The van der Waals surface area contributed by atoms with Crippen LogP contribution < -0.4 is 5.32 Å². The zero-order valence-corrected chi connectivity index (χ0v) is 20.2. The summed E-state index contributed by atoms with van der Waals surface area (Å²) in [4.78, 5) is 29.1. The Hall–Kier alpha value is -3.91. The van der Waals surface area contributed by atoms with E-state index in [0.29, 0.717) is 35.9 Å². The molecule has 0 saturated carbocycles. The van der Waals surface area contributed by atoms with Gasteiger partial charge in [-0.25, -0.2) is 4.98 Å². The second-order valence-electron chi connectivity index (χ2n) is 9.23. The van der Waals surface area contributed by atoms with Crippen molar-refractivity contribution in [3.8, 4) is 34.0 Å². The monoisotopic (exact) mass is 468 g/mol. The molecular weight excluding hydrogens is 440 g/mol. The van der Waals surface area contributed by atoms with E-state index in [-0.39, 0.29) is 5.91 Å². The number of carbonyl (C=O) groups is 1. The third-order valence-corrected chi connectivity index (χ3v) is 6.40. The molecule has 5 rings (SSSR count). The van der Waals surface area contributed by atoms with Crippen molar-refractivity contribution in [2.24, 2.45) is 0 Å². The first-order valence-electron chi connectivity index (χ1n) is 11.8. The van der Waals surface area contributed by atoms with E-state index in [1.807, 2.05) is 74.2 Å². The van der Waals surface area contributed by atoms with Crippen molar-refractivity contribution in [2.75, 3.05) is 26.2 Å². The third-order valence-electron chi connectivity index (χ3n) is 6.40. The average Bonchev–Trinajstić information content (AvgIpc) is 3.40. The summed E-state index contributed by atoms with van der Waals surface area (Å²) < 4.78 is 5.63. The van der Waals surface area contributed by atoms with Crippen LogP contribution in [0.1, 0.15) is 25.2 Å². The summed E-state index contributed by atoms with van der Waals surface area (Å²) in [7, 11) is 0. The van der Waals surface area contributed by atoms with Crippen LogP contribution in [0.2, 0.25) is 0 Å². The molecule has 4 heterocycles. The van der Waals surface area contributed by atoms with E-state index < -0.39 is 5.41 Å². The van der Waals surface area contributed by atoms with Gasteiger partial charge in [-0.3, -0.25) is 14.8 Å². The summed E-state index contributed by atoms with van der Waals surface area (Å²) in [5.41, 5.74) is 4.55. The maximum absolute atomic E-state index is 13.3. The molecule has 4 aromatic rings. The molecule has 1 amide bonds. The molecule has 0 radical (unpaired) electrons. The van der Waals surface area contributed by atoms with Gasteiger partial charge in [-0.05, 0) is 32.9 Å². The lowest BCUT2D eigenvalue weighted by Gasteiger charge is -2.34. The van der Waals surface area contributed by atoms with E-state index in [0.717, 1.165) is 35.6 Å². The van der Waals surface area contributed by atoms with Crippen LogP contribution in [0.25, 0.3) is 34.0 Å². The highest BCUT2D eigenvalue weighted by atomic mass is 16.5. The molecule has 8 heteroatoms. The lowest BCUT2D eigenvalue weighted by Crippen LogP contribution is -2.52. The standard InChI is InChI=1S/C27H28N6O2/c1-18-25(23-16-21(32-35-23)19-7-5-4-6-8-19)31-22(17-30-18)20-9-10-29-24(15-20)27(2,3)26(34)33-13-11-28-12-14-33/h4-10,15-17,28H,11-14H2,1-3H3. The Labute approximate surface area is 204 Å². The molecular formula is C27H28N6O2. The minimum Gasteiger partial charge on any atom is -0.354 e. The van der Waals surface area contributed by atoms with Gasteiger partial charge in [0.15, 0.2) is 5.76 Å². The van der Waals surface area contributed by atoms with Crippen molar-refractivity contribution in [3.63, 3.8) is 0 Å². The molecule has 1 aliphatic heterocycles. The summed E-state index contributed by atoms with van der Waals surface area (Å²) in [6, 6.07) is 15.5. The lowest BCUT2D eigenvalue weighted by molar-refractivity contribution is -0.137. The molecule has 1 aromatic carbocycles. The first-order chi connectivity index (χ1) is 16.9. The predicted molar refractivity (Wildman–Crippen MR) is 133 cm³/mol. The normalized spacial score (nSPS) is 14.2. The Morgan fingerprint density at radius 1 is 1.00 bits per heavy atom. The maximum Gasteiger partial charge on any atom is 0.234 e. The van der Waals surface area contributed by atoms with Crippen LogP contribution in [-0.4, -0.2) is 57.1 Å². The SMILES string of the molecule is Cc1ncc(-c2ccnc(C(C)(C)C(=O)N3CCNCC3)c2)nc1-c1cc(-c2ccccc2)no1. The van der Waals surface area contributed by atoms with Gasteiger partial charge in [0, 0.05) is 49.6 Å². The Balaban J connectivity index is 1.46. The molecule has 0 bridgehead atoms. The number of hydrogen-bond donors (Lipinski definition) is 1. The number of rotatable bonds is 5. The van der Waals surface area contributed by atoms with Crippen LogP contribution >= 0.6 is 0 Å². The van der Waals surface area contributed by atoms with E-state index >= 15 is 0 Å². The lowest BCUT2D eigenvalue weighted by atomic mass is 9.86. The molecule has 0 atom stereocenters. The molecule has 0 aliphatic carbocycles. The predicted octanol–water partition coefficient (Wildman–Crippen LogP) is 3.88. The summed E-state index contributed by atoms with van der Waals surface area (Å²) in [5.74, 6) is 0.633. The summed E-state index contributed by atoms with van der Waals surface area (Å²) in [6.45, 7) is 8.78. The topological polar surface area (TPSA) is 97.0 Å². The number of benzene rings is 1. The van der Waals surface area contributed by atoms with Crippen molar-refractivity contribution >= 4 is 5.91 Å². The van der Waals surface area contributed by atoms with Crippen molar-refractivity contribution < 1.29 is 9.32 Å². The molecule has 1 aliphatic rings. The van der Waals surface area contributed by atoms with Crippen molar-refractivity contribution in [1.82, 2.24) is 30.3 Å². The molecule has 0 unspecified atom stereocenters. The zero-order valence-electron chi connectivity index (χ0n) is 20.2. The van der Waals surface area contributed by atoms with Gasteiger partial charge in [0.25, 0.3) is 0 Å². The van der Waals surface area contributed by atoms with Crippen molar-refractivity contribution in [3.05, 3.63) is 72.3 Å². The first kappa shape index (κ1) is 22.9. The molecule has 3 aromatic heterocycles. The quantitative estimate of drug-likeness (QED) is 0.475. The van der Waals surface area contributed by atoms with Crippen molar-refractivity contribution in [2.45, 2.75) is 26.2 Å². The van der Waals surface area contributed by atoms with E-state index in [9.17, 15) is 4.79 Å². The number of aromatic nitrogens is 4. The molecule has 1 N–H and O–H groups in total. The molecule has 178 valence electrons. The van der Waals surface area contributed by atoms with Crippen LogP contribution in [0.15, 0.2) is 65.4 Å². The number of carbonyl (C=O) groups excluding carboxylic acids is 1. The Morgan fingerprint density at radius 2 is 1.77 bits per heavy atom. The van der Waals surface area contributed by atoms with Gasteiger partial charge in [-0.1, -0.05) is 35.5 Å².